The fraction of sp³-hybridized carbons (Fsp3) is 0.366. The van der Waals surface area contributed by atoms with Gasteiger partial charge in [-0.1, -0.05) is 19.2 Å². The number of hydrogen-bond acceptors (Lipinski definition) is 13. The molecule has 3 aromatic carbocycles. The summed E-state index contributed by atoms with van der Waals surface area (Å²) in [6.45, 7) is 10.9. The summed E-state index contributed by atoms with van der Waals surface area (Å²) in [4.78, 5) is 48.3. The van der Waals surface area contributed by atoms with Crippen LogP contribution in [0.5, 0.6) is 40.2 Å². The van der Waals surface area contributed by atoms with Crippen LogP contribution in [0.15, 0.2) is 55.6 Å². The molecular weight excluding hydrogens is 732 g/mol. The van der Waals surface area contributed by atoms with Crippen molar-refractivity contribution in [3.05, 3.63) is 66.8 Å². The van der Waals surface area contributed by atoms with Gasteiger partial charge in [0, 0.05) is 28.8 Å². The van der Waals surface area contributed by atoms with E-state index < -0.39 is 30.0 Å². The van der Waals surface area contributed by atoms with Crippen LogP contribution < -0.4 is 33.2 Å². The van der Waals surface area contributed by atoms with Crippen molar-refractivity contribution in [1.29, 1.82) is 0 Å². The molecule has 0 aliphatic carbocycles. The highest BCUT2D eigenvalue weighted by atomic mass is 16.6. The van der Waals surface area contributed by atoms with Gasteiger partial charge in [-0.25, -0.2) is 19.2 Å². The Labute approximate surface area is 325 Å². The second kappa shape index (κ2) is 21.5. The van der Waals surface area contributed by atoms with Gasteiger partial charge in [-0.2, -0.15) is 0 Å². The summed E-state index contributed by atoms with van der Waals surface area (Å²) in [5.41, 5.74) is 0.513. The number of rotatable bonds is 24. The number of unbranched alkanes of at least 4 members (excludes halogenated alkanes) is 2. The van der Waals surface area contributed by atoms with E-state index in [1.54, 1.807) is 32.0 Å². The quantitative estimate of drug-likeness (QED) is 0.0535. The lowest BCUT2D eigenvalue weighted by molar-refractivity contribution is -0.138. The normalized spacial score (nSPS) is 10.6. The van der Waals surface area contributed by atoms with Crippen LogP contribution in [0, 0.1) is 0 Å². The van der Waals surface area contributed by atoms with Crippen molar-refractivity contribution in [2.24, 2.45) is 0 Å². The largest absolute Gasteiger partial charge is 0.493 e. The van der Waals surface area contributed by atoms with E-state index in [9.17, 15) is 29.4 Å². The Bertz CT molecular complexity index is 1900. The highest BCUT2D eigenvalue weighted by molar-refractivity contribution is 6.03. The first kappa shape index (κ1) is 44.0. The first-order valence-corrected chi connectivity index (χ1v) is 17.6. The fourth-order valence-electron chi connectivity index (χ4n) is 5.55. The Morgan fingerprint density at radius 3 is 1.46 bits per heavy atom. The van der Waals surface area contributed by atoms with Gasteiger partial charge >= 0.3 is 23.9 Å². The Kier molecular flexibility index (Phi) is 16.9. The minimum Gasteiger partial charge on any atom is -0.493 e. The molecule has 0 bridgehead atoms. The zero-order valence-corrected chi connectivity index (χ0v) is 32.4. The van der Waals surface area contributed by atoms with E-state index in [0.717, 1.165) is 12.2 Å². The van der Waals surface area contributed by atoms with Crippen molar-refractivity contribution in [2.75, 3.05) is 54.9 Å². The molecule has 0 saturated heterocycles. The molecule has 0 saturated carbocycles. The van der Waals surface area contributed by atoms with Crippen molar-refractivity contribution in [3.63, 3.8) is 0 Å². The third-order valence-corrected chi connectivity index (χ3v) is 8.01. The number of methoxy groups -OCH3 is 4. The standard InChI is InChI=1S/C41H48O15/c1-9-32(42)52-17-11-13-19-54-36-30(48-5)22-27(40(44)45)34(38(36)50-7)25-15-16-26(29(21-25)56-24(3)4)35-28(41(46)47)23-31(49-6)37(39(35)51-8)55-20-14-12-18-53-33(43)10-2/h9-10,15-16,21-24H,1-2,11-14,17-20H2,3-8H3,(H,44,45)(H,46,47). The zero-order chi connectivity index (χ0) is 41.4. The van der Waals surface area contributed by atoms with Crippen molar-refractivity contribution >= 4 is 23.9 Å². The molecule has 2 N–H and O–H groups in total. The number of carbonyl (C=O) groups excluding carboxylic acids is 2. The maximum atomic E-state index is 12.8. The van der Waals surface area contributed by atoms with Crippen LogP contribution in [0.25, 0.3) is 22.3 Å². The maximum absolute atomic E-state index is 12.8. The predicted octanol–water partition coefficient (Wildman–Crippen LogP) is 7.02. The highest BCUT2D eigenvalue weighted by Crippen LogP contribution is 2.52. The molecule has 3 rings (SSSR count). The Morgan fingerprint density at radius 2 is 1.05 bits per heavy atom. The summed E-state index contributed by atoms with van der Waals surface area (Å²) in [5.74, 6) is -2.89. The van der Waals surface area contributed by atoms with Crippen molar-refractivity contribution in [1.82, 2.24) is 0 Å². The second-order valence-electron chi connectivity index (χ2n) is 12.1. The van der Waals surface area contributed by atoms with Gasteiger partial charge in [0.05, 0.1) is 72.1 Å². The van der Waals surface area contributed by atoms with Crippen LogP contribution in [0.2, 0.25) is 0 Å². The number of carbonyl (C=O) groups is 4. The Balaban J connectivity index is 2.20. The summed E-state index contributed by atoms with van der Waals surface area (Å²) in [6, 6.07) is 7.39. The summed E-state index contributed by atoms with van der Waals surface area (Å²) in [5, 5.41) is 20.8. The van der Waals surface area contributed by atoms with E-state index >= 15 is 0 Å². The lowest BCUT2D eigenvalue weighted by Gasteiger charge is -2.23. The molecule has 0 atom stereocenters. The molecule has 56 heavy (non-hydrogen) atoms. The molecule has 3 aromatic rings. The average molecular weight is 781 g/mol. The number of esters is 2. The molecule has 0 unspecified atom stereocenters. The average Bonchev–Trinajstić information content (AvgIpc) is 3.18. The Morgan fingerprint density at radius 1 is 0.607 bits per heavy atom. The van der Waals surface area contributed by atoms with Gasteiger partial charge in [0.15, 0.2) is 23.0 Å². The number of benzene rings is 3. The van der Waals surface area contributed by atoms with Crippen LogP contribution in [-0.4, -0.2) is 95.1 Å². The first-order chi connectivity index (χ1) is 26.9. The van der Waals surface area contributed by atoms with Gasteiger partial charge in [-0.3, -0.25) is 0 Å². The number of carboxylic acid groups (broad SMARTS) is 2. The van der Waals surface area contributed by atoms with E-state index in [-0.39, 0.29) is 88.9 Å². The van der Waals surface area contributed by atoms with E-state index in [0.29, 0.717) is 36.8 Å². The SMILES string of the molecule is C=CC(=O)OCCCCOc1c(OC)cc(C(=O)O)c(-c2ccc(-c3c(C(=O)O)cc(OC)c(OCCCCOC(=O)C=C)c3OC)c(OC(C)C)c2)c1OC. The monoisotopic (exact) mass is 780 g/mol. The number of ether oxygens (including phenoxy) is 9. The topological polar surface area (TPSA) is 192 Å². The molecule has 0 amide bonds. The molecule has 0 aromatic heterocycles. The summed E-state index contributed by atoms with van der Waals surface area (Å²) < 4.78 is 51.1. The minimum absolute atomic E-state index is 0.0457. The number of hydrogen-bond donors (Lipinski definition) is 2. The number of aromatic carboxylic acids is 2. The molecule has 0 aliphatic heterocycles. The van der Waals surface area contributed by atoms with Crippen LogP contribution in [0.4, 0.5) is 0 Å². The molecule has 0 aliphatic rings. The van der Waals surface area contributed by atoms with Crippen LogP contribution in [-0.2, 0) is 19.1 Å². The lowest BCUT2D eigenvalue weighted by atomic mass is 9.92. The minimum atomic E-state index is -1.29. The molecule has 0 heterocycles. The molecule has 302 valence electrons. The van der Waals surface area contributed by atoms with Gasteiger partial charge < -0.3 is 52.8 Å². The van der Waals surface area contributed by atoms with Gasteiger partial charge in [0.1, 0.15) is 5.75 Å². The highest BCUT2D eigenvalue weighted by Gasteiger charge is 2.30. The van der Waals surface area contributed by atoms with Crippen LogP contribution in [0.3, 0.4) is 0 Å². The fourth-order valence-corrected chi connectivity index (χ4v) is 5.55. The third kappa shape index (κ3) is 11.1. The van der Waals surface area contributed by atoms with Crippen molar-refractivity contribution in [2.45, 2.75) is 45.6 Å². The predicted molar refractivity (Wildman–Crippen MR) is 205 cm³/mol. The van der Waals surface area contributed by atoms with E-state index in [1.807, 2.05) is 0 Å². The second-order valence-corrected chi connectivity index (χ2v) is 12.1. The summed E-state index contributed by atoms with van der Waals surface area (Å²) >= 11 is 0. The van der Waals surface area contributed by atoms with E-state index in [4.69, 9.17) is 42.6 Å². The van der Waals surface area contributed by atoms with Crippen LogP contribution >= 0.6 is 0 Å². The molecule has 0 fully saturated rings. The van der Waals surface area contributed by atoms with Gasteiger partial charge in [0.2, 0.25) is 11.5 Å². The molecule has 15 heteroatoms. The summed E-state index contributed by atoms with van der Waals surface area (Å²) in [6.07, 6.45) is 3.62. The zero-order valence-electron chi connectivity index (χ0n) is 32.4. The van der Waals surface area contributed by atoms with E-state index in [2.05, 4.69) is 13.2 Å². The van der Waals surface area contributed by atoms with Crippen LogP contribution in [0.1, 0.15) is 60.2 Å². The van der Waals surface area contributed by atoms with Crippen molar-refractivity contribution < 1.29 is 72.0 Å². The summed E-state index contributed by atoms with van der Waals surface area (Å²) in [7, 11) is 5.46. The first-order valence-electron chi connectivity index (χ1n) is 17.6. The molecule has 15 nitrogen and oxygen atoms in total. The van der Waals surface area contributed by atoms with Gasteiger partial charge in [-0.15, -0.1) is 0 Å². The van der Waals surface area contributed by atoms with Crippen molar-refractivity contribution in [3.8, 4) is 62.5 Å². The lowest BCUT2D eigenvalue weighted by Crippen LogP contribution is -2.11. The maximum Gasteiger partial charge on any atom is 0.336 e. The molecule has 0 spiro atoms. The van der Waals surface area contributed by atoms with E-state index in [1.165, 1.54) is 40.6 Å². The van der Waals surface area contributed by atoms with Gasteiger partial charge in [0.25, 0.3) is 0 Å². The number of carboxylic acids is 2. The third-order valence-electron chi connectivity index (χ3n) is 8.01. The molecular formula is C41H48O15. The smallest absolute Gasteiger partial charge is 0.336 e. The Hall–Kier alpha value is -6.38. The molecule has 0 radical (unpaired) electrons. The van der Waals surface area contributed by atoms with Gasteiger partial charge in [-0.05, 0) is 69.4 Å².